The van der Waals surface area contributed by atoms with E-state index in [0.717, 1.165) is 24.5 Å². The average Bonchev–Trinajstić information content (AvgIpc) is 2.70. The van der Waals surface area contributed by atoms with Crippen LogP contribution in [0.1, 0.15) is 31.2 Å². The number of rotatable bonds is 7. The molecule has 1 fully saturated rings. The maximum absolute atomic E-state index is 14.6. The Kier molecular flexibility index (Phi) is 6.36. The van der Waals surface area contributed by atoms with Crippen LogP contribution in [0.25, 0.3) is 11.1 Å². The summed E-state index contributed by atoms with van der Waals surface area (Å²) < 4.78 is 65.5. The summed E-state index contributed by atoms with van der Waals surface area (Å²) in [6.07, 6.45) is 3.33. The number of methoxy groups -OCH3 is 1. The molecule has 0 spiro atoms. The van der Waals surface area contributed by atoms with E-state index in [9.17, 15) is 13.0 Å². The van der Waals surface area contributed by atoms with E-state index in [-0.39, 0.29) is 29.6 Å². The number of benzene rings is 2. The molecule has 2 aromatic carbocycles. The third-order valence-corrected chi connectivity index (χ3v) is 6.29. The molecule has 0 saturated heterocycles. The van der Waals surface area contributed by atoms with Crippen LogP contribution >= 0.6 is 0 Å². The molecule has 2 unspecified atom stereocenters. The van der Waals surface area contributed by atoms with E-state index in [1.165, 1.54) is 6.07 Å². The van der Waals surface area contributed by atoms with Crippen molar-refractivity contribution in [2.24, 2.45) is 0 Å². The van der Waals surface area contributed by atoms with Crippen molar-refractivity contribution in [2.45, 2.75) is 50.4 Å². The molecule has 0 bridgehead atoms. The van der Waals surface area contributed by atoms with E-state index in [1.807, 2.05) is 6.07 Å². The fourth-order valence-electron chi connectivity index (χ4n) is 3.89. The van der Waals surface area contributed by atoms with Gasteiger partial charge in [0.2, 0.25) is 0 Å². The highest BCUT2D eigenvalue weighted by Crippen LogP contribution is 2.36. The first-order valence-electron chi connectivity index (χ1n) is 9.99. The van der Waals surface area contributed by atoms with Crippen LogP contribution in [0, 0.1) is 11.6 Å². The SMILES string of the molecule is COC1CC(Oc2cc(F)c(F)c(-c3ccc4c(c3)CCC(CCS(=O)O)O4)c2)C1. The van der Waals surface area contributed by atoms with E-state index in [4.69, 9.17) is 18.8 Å². The summed E-state index contributed by atoms with van der Waals surface area (Å²) in [7, 11) is 1.64. The fraction of sp³-hybridized carbons (Fsp3) is 0.455. The van der Waals surface area contributed by atoms with Crippen molar-refractivity contribution in [1.82, 2.24) is 0 Å². The van der Waals surface area contributed by atoms with Gasteiger partial charge >= 0.3 is 0 Å². The number of ether oxygens (including phenoxy) is 3. The molecule has 8 heteroatoms. The normalized spacial score (nSPS) is 23.8. The lowest BCUT2D eigenvalue weighted by Crippen LogP contribution is -2.38. The molecular weight excluding hydrogens is 414 g/mol. The first-order chi connectivity index (χ1) is 14.4. The van der Waals surface area contributed by atoms with Gasteiger partial charge < -0.3 is 18.8 Å². The van der Waals surface area contributed by atoms with Crippen molar-refractivity contribution >= 4 is 11.1 Å². The Balaban J connectivity index is 1.52. The second-order valence-electron chi connectivity index (χ2n) is 7.75. The summed E-state index contributed by atoms with van der Waals surface area (Å²) in [5.41, 5.74) is 1.60. The predicted octanol–water partition coefficient (Wildman–Crippen LogP) is 4.49. The standard InChI is InChI=1S/C22H24F2O5S/c1-27-16-9-17(10-16)28-18-11-19(22(24)20(23)12-18)13-3-5-21-14(8-13)2-4-15(29-21)6-7-30(25)26/h3,5,8,11-12,15-17H,2,4,6-7,9-10H2,1H3,(H,25,26). The molecule has 1 heterocycles. The predicted molar refractivity (Wildman–Crippen MR) is 109 cm³/mol. The summed E-state index contributed by atoms with van der Waals surface area (Å²) in [5.74, 6) is -0.718. The minimum atomic E-state index is -1.84. The van der Waals surface area contributed by atoms with Crippen LogP contribution in [0.4, 0.5) is 8.78 Å². The number of aryl methyl sites for hydroxylation is 1. The zero-order valence-electron chi connectivity index (χ0n) is 16.6. The molecule has 4 rings (SSSR count). The van der Waals surface area contributed by atoms with E-state index in [1.54, 1.807) is 19.2 Å². The Labute approximate surface area is 176 Å². The van der Waals surface area contributed by atoms with Gasteiger partial charge in [-0.15, -0.1) is 0 Å². The second kappa shape index (κ2) is 8.99. The van der Waals surface area contributed by atoms with Crippen molar-refractivity contribution in [1.29, 1.82) is 0 Å². The van der Waals surface area contributed by atoms with E-state index < -0.39 is 22.7 Å². The average molecular weight is 438 g/mol. The Hall–Kier alpha value is -2.03. The summed E-state index contributed by atoms with van der Waals surface area (Å²) in [4.78, 5) is 0. The lowest BCUT2D eigenvalue weighted by atomic mass is 9.92. The highest BCUT2D eigenvalue weighted by Gasteiger charge is 2.31. The van der Waals surface area contributed by atoms with Gasteiger partial charge in [-0.3, -0.25) is 0 Å². The Morgan fingerprint density at radius 1 is 1.20 bits per heavy atom. The molecule has 1 saturated carbocycles. The van der Waals surface area contributed by atoms with Crippen LogP contribution in [0.15, 0.2) is 30.3 Å². The monoisotopic (exact) mass is 438 g/mol. The first-order valence-corrected chi connectivity index (χ1v) is 11.3. The number of hydrogen-bond acceptors (Lipinski definition) is 4. The summed E-state index contributed by atoms with van der Waals surface area (Å²) >= 11 is -1.84. The van der Waals surface area contributed by atoms with Crippen molar-refractivity contribution in [3.8, 4) is 22.6 Å². The Morgan fingerprint density at radius 3 is 2.73 bits per heavy atom. The van der Waals surface area contributed by atoms with E-state index in [0.29, 0.717) is 36.3 Å². The number of hydrogen-bond donors (Lipinski definition) is 1. The van der Waals surface area contributed by atoms with Gasteiger partial charge in [-0.25, -0.2) is 13.0 Å². The topological polar surface area (TPSA) is 65.0 Å². The van der Waals surface area contributed by atoms with Gasteiger partial charge in [-0.2, -0.15) is 0 Å². The smallest absolute Gasteiger partial charge is 0.166 e. The highest BCUT2D eigenvalue weighted by atomic mass is 32.2. The van der Waals surface area contributed by atoms with Gasteiger partial charge in [-0.05, 0) is 48.6 Å². The lowest BCUT2D eigenvalue weighted by Gasteiger charge is -2.34. The van der Waals surface area contributed by atoms with Crippen molar-refractivity contribution in [2.75, 3.05) is 12.9 Å². The van der Waals surface area contributed by atoms with Crippen molar-refractivity contribution < 1.29 is 31.8 Å². The van der Waals surface area contributed by atoms with Crippen LogP contribution in [-0.2, 0) is 22.2 Å². The Bertz CT molecular complexity index is 945. The van der Waals surface area contributed by atoms with Gasteiger partial charge in [-0.1, -0.05) is 6.07 Å². The number of halogens is 2. The molecule has 1 aliphatic heterocycles. The quantitative estimate of drug-likeness (QED) is 0.645. The molecule has 0 radical (unpaired) electrons. The van der Waals surface area contributed by atoms with Crippen LogP contribution in [0.5, 0.6) is 11.5 Å². The molecule has 5 nitrogen and oxygen atoms in total. The summed E-state index contributed by atoms with van der Waals surface area (Å²) in [5, 5.41) is 0. The van der Waals surface area contributed by atoms with Crippen LogP contribution in [-0.4, -0.2) is 39.9 Å². The van der Waals surface area contributed by atoms with Crippen molar-refractivity contribution in [3.63, 3.8) is 0 Å². The third kappa shape index (κ3) is 4.66. The molecule has 1 N–H and O–H groups in total. The third-order valence-electron chi connectivity index (χ3n) is 5.70. The van der Waals surface area contributed by atoms with E-state index in [2.05, 4.69) is 0 Å². The van der Waals surface area contributed by atoms with Gasteiger partial charge in [0.05, 0.1) is 11.9 Å². The molecule has 2 aliphatic rings. The fourth-order valence-corrected chi connectivity index (χ4v) is 4.35. The van der Waals surface area contributed by atoms with Gasteiger partial charge in [0, 0.05) is 31.6 Å². The molecule has 2 atom stereocenters. The zero-order valence-corrected chi connectivity index (χ0v) is 17.4. The van der Waals surface area contributed by atoms with Gasteiger partial charge in [0.1, 0.15) is 23.7 Å². The molecule has 1 aliphatic carbocycles. The lowest BCUT2D eigenvalue weighted by molar-refractivity contribution is -0.0381. The van der Waals surface area contributed by atoms with Crippen molar-refractivity contribution in [3.05, 3.63) is 47.5 Å². The molecule has 0 aromatic heterocycles. The summed E-state index contributed by atoms with van der Waals surface area (Å²) in [6, 6.07) is 7.85. The van der Waals surface area contributed by atoms with Gasteiger partial charge in [0.25, 0.3) is 0 Å². The molecular formula is C22H24F2O5S. The molecule has 162 valence electrons. The largest absolute Gasteiger partial charge is 0.490 e. The van der Waals surface area contributed by atoms with Crippen LogP contribution < -0.4 is 9.47 Å². The maximum Gasteiger partial charge on any atom is 0.166 e. The van der Waals surface area contributed by atoms with Crippen LogP contribution in [0.2, 0.25) is 0 Å². The highest BCUT2D eigenvalue weighted by molar-refractivity contribution is 7.79. The molecule has 30 heavy (non-hydrogen) atoms. The number of fused-ring (bicyclic) bond motifs is 1. The van der Waals surface area contributed by atoms with Gasteiger partial charge in [0.15, 0.2) is 22.7 Å². The van der Waals surface area contributed by atoms with Crippen LogP contribution in [0.3, 0.4) is 0 Å². The molecule has 0 amide bonds. The Morgan fingerprint density at radius 2 is 2.00 bits per heavy atom. The minimum Gasteiger partial charge on any atom is -0.490 e. The minimum absolute atomic E-state index is 0.0604. The maximum atomic E-state index is 14.6. The zero-order chi connectivity index (χ0) is 21.3. The first kappa shape index (κ1) is 21.2. The summed E-state index contributed by atoms with van der Waals surface area (Å²) in [6.45, 7) is 0. The van der Waals surface area contributed by atoms with E-state index >= 15 is 0 Å². The second-order valence-corrected chi connectivity index (χ2v) is 8.80. The molecule has 2 aromatic rings.